The molecule has 7 nitrogen and oxygen atoms in total. The van der Waals surface area contributed by atoms with Crippen molar-refractivity contribution >= 4 is 11.6 Å². The van der Waals surface area contributed by atoms with E-state index in [2.05, 4.69) is 20.6 Å². The molecule has 0 atom stereocenters. The number of nitrogens with one attached hydrogen (secondary N) is 1. The number of carbonyl (C=O) groups is 1. The molecule has 0 saturated carbocycles. The quantitative estimate of drug-likeness (QED) is 0.665. The summed E-state index contributed by atoms with van der Waals surface area (Å²) in [4.78, 5) is 11.4. The second kappa shape index (κ2) is 7.69. The number of nitrogens with zero attached hydrogens (tertiary/aromatic N) is 4. The molecule has 3 rings (SSSR count). The molecule has 2 heterocycles. The largest absolute Gasteiger partial charge is 0.475 e. The highest BCUT2D eigenvalue weighted by Crippen LogP contribution is 2.19. The van der Waals surface area contributed by atoms with Gasteiger partial charge in [0.2, 0.25) is 11.8 Å². The Kier molecular flexibility index (Phi) is 5.17. The van der Waals surface area contributed by atoms with Gasteiger partial charge in [-0.25, -0.2) is 4.39 Å². The van der Waals surface area contributed by atoms with Crippen LogP contribution in [0.1, 0.15) is 19.8 Å². The maximum atomic E-state index is 13.1. The summed E-state index contributed by atoms with van der Waals surface area (Å²) in [6.45, 7) is 2.67. The van der Waals surface area contributed by atoms with Crippen molar-refractivity contribution in [3.63, 3.8) is 0 Å². The summed E-state index contributed by atoms with van der Waals surface area (Å²) < 4.78 is 20.2. The van der Waals surface area contributed by atoms with Gasteiger partial charge in [-0.15, -0.1) is 15.3 Å². The Bertz CT molecular complexity index is 863. The van der Waals surface area contributed by atoms with Gasteiger partial charge in [-0.3, -0.25) is 4.79 Å². The van der Waals surface area contributed by atoms with Crippen LogP contribution in [-0.4, -0.2) is 38.9 Å². The minimum Gasteiger partial charge on any atom is -0.475 e. The van der Waals surface area contributed by atoms with Crippen LogP contribution in [-0.2, 0) is 4.79 Å². The van der Waals surface area contributed by atoms with Crippen molar-refractivity contribution in [3.05, 3.63) is 42.2 Å². The third-order valence-corrected chi connectivity index (χ3v) is 3.49. The molecule has 1 aromatic carbocycles. The number of benzene rings is 1. The van der Waals surface area contributed by atoms with Crippen molar-refractivity contribution in [2.45, 2.75) is 19.8 Å². The van der Waals surface area contributed by atoms with Gasteiger partial charge in [0.25, 0.3) is 0 Å². The van der Waals surface area contributed by atoms with E-state index in [1.54, 1.807) is 24.3 Å². The Morgan fingerprint density at radius 3 is 2.76 bits per heavy atom. The van der Waals surface area contributed by atoms with Crippen LogP contribution in [0.3, 0.4) is 0 Å². The monoisotopic (exact) mass is 343 g/mol. The fraction of sp³-hybridized carbons (Fsp3) is 0.294. The van der Waals surface area contributed by atoms with E-state index >= 15 is 0 Å². The molecule has 0 aliphatic carbocycles. The van der Waals surface area contributed by atoms with E-state index in [9.17, 15) is 9.18 Å². The lowest BCUT2D eigenvalue weighted by Crippen LogP contribution is -2.27. The molecule has 25 heavy (non-hydrogen) atoms. The van der Waals surface area contributed by atoms with Crippen LogP contribution < -0.4 is 10.1 Å². The van der Waals surface area contributed by atoms with Gasteiger partial charge in [-0.2, -0.15) is 4.52 Å². The SMILES string of the molecule is CCCC(=O)NCCOc1ccc2nnc(-c3ccc(F)cc3)n2n1. The summed E-state index contributed by atoms with van der Waals surface area (Å²) in [6, 6.07) is 9.37. The maximum absolute atomic E-state index is 13.1. The van der Waals surface area contributed by atoms with Crippen molar-refractivity contribution < 1.29 is 13.9 Å². The Morgan fingerprint density at radius 2 is 2.00 bits per heavy atom. The van der Waals surface area contributed by atoms with Gasteiger partial charge in [0, 0.05) is 18.1 Å². The summed E-state index contributed by atoms with van der Waals surface area (Å²) in [7, 11) is 0. The molecule has 3 aromatic rings. The average Bonchev–Trinajstić information content (AvgIpc) is 3.03. The minimum absolute atomic E-state index is 0.00640. The maximum Gasteiger partial charge on any atom is 0.231 e. The fourth-order valence-electron chi connectivity index (χ4n) is 2.29. The summed E-state index contributed by atoms with van der Waals surface area (Å²) in [6.07, 6.45) is 1.32. The van der Waals surface area contributed by atoms with E-state index in [1.165, 1.54) is 16.6 Å². The number of hydrogen-bond donors (Lipinski definition) is 1. The number of aromatic nitrogens is 4. The van der Waals surface area contributed by atoms with Gasteiger partial charge >= 0.3 is 0 Å². The Balaban J connectivity index is 1.70. The number of hydrogen-bond acceptors (Lipinski definition) is 5. The first-order valence-electron chi connectivity index (χ1n) is 8.05. The zero-order chi connectivity index (χ0) is 17.6. The second-order valence-corrected chi connectivity index (χ2v) is 5.42. The predicted octanol–water partition coefficient (Wildman–Crippen LogP) is 2.23. The van der Waals surface area contributed by atoms with Gasteiger partial charge in [-0.05, 0) is 36.8 Å². The third kappa shape index (κ3) is 4.09. The zero-order valence-electron chi connectivity index (χ0n) is 13.8. The first-order chi connectivity index (χ1) is 12.2. The van der Waals surface area contributed by atoms with Crippen LogP contribution >= 0.6 is 0 Å². The van der Waals surface area contributed by atoms with Crippen LogP contribution in [0.4, 0.5) is 4.39 Å². The summed E-state index contributed by atoms with van der Waals surface area (Å²) >= 11 is 0. The van der Waals surface area contributed by atoms with E-state index in [0.29, 0.717) is 42.5 Å². The lowest BCUT2D eigenvalue weighted by atomic mass is 10.2. The number of amides is 1. The molecular weight excluding hydrogens is 325 g/mol. The Morgan fingerprint density at radius 1 is 1.20 bits per heavy atom. The van der Waals surface area contributed by atoms with E-state index in [0.717, 1.165) is 6.42 Å². The molecule has 0 aliphatic rings. The van der Waals surface area contributed by atoms with Crippen molar-refractivity contribution in [1.82, 2.24) is 25.1 Å². The molecule has 0 radical (unpaired) electrons. The molecule has 1 N–H and O–H groups in total. The molecule has 0 spiro atoms. The topological polar surface area (TPSA) is 81.4 Å². The van der Waals surface area contributed by atoms with Gasteiger partial charge in [0.15, 0.2) is 11.5 Å². The smallest absolute Gasteiger partial charge is 0.231 e. The minimum atomic E-state index is -0.320. The standard InChI is InChI=1S/C17H18FN5O2/c1-2-3-15(24)19-10-11-25-16-9-8-14-20-21-17(23(14)22-16)12-4-6-13(18)7-5-12/h4-9H,2-3,10-11H2,1H3,(H,19,24). The molecule has 130 valence electrons. The molecule has 0 aliphatic heterocycles. The van der Waals surface area contributed by atoms with Gasteiger partial charge < -0.3 is 10.1 Å². The third-order valence-electron chi connectivity index (χ3n) is 3.49. The van der Waals surface area contributed by atoms with E-state index in [4.69, 9.17) is 4.74 Å². The average molecular weight is 343 g/mol. The summed E-state index contributed by atoms with van der Waals surface area (Å²) in [5, 5.41) is 15.3. The summed E-state index contributed by atoms with van der Waals surface area (Å²) in [5.41, 5.74) is 1.26. The lowest BCUT2D eigenvalue weighted by Gasteiger charge is -2.07. The molecule has 0 unspecified atom stereocenters. The van der Waals surface area contributed by atoms with Crippen LogP contribution in [0, 0.1) is 5.82 Å². The first-order valence-corrected chi connectivity index (χ1v) is 8.05. The van der Waals surface area contributed by atoms with E-state index < -0.39 is 0 Å². The highest BCUT2D eigenvalue weighted by molar-refractivity contribution is 5.75. The molecule has 2 aromatic heterocycles. The number of fused-ring (bicyclic) bond motifs is 1. The van der Waals surface area contributed by atoms with E-state index in [1.807, 2.05) is 6.92 Å². The fourth-order valence-corrected chi connectivity index (χ4v) is 2.29. The van der Waals surface area contributed by atoms with Crippen LogP contribution in [0.25, 0.3) is 17.0 Å². The van der Waals surface area contributed by atoms with Gasteiger partial charge in [-0.1, -0.05) is 6.92 Å². The number of carbonyl (C=O) groups excluding carboxylic acids is 1. The molecule has 1 amide bonds. The van der Waals surface area contributed by atoms with Crippen molar-refractivity contribution in [2.75, 3.05) is 13.2 Å². The Hall–Kier alpha value is -3.03. The molecular formula is C17H18FN5O2. The molecule has 0 bridgehead atoms. The van der Waals surface area contributed by atoms with E-state index in [-0.39, 0.29) is 11.7 Å². The zero-order valence-corrected chi connectivity index (χ0v) is 13.8. The predicted molar refractivity (Wildman–Crippen MR) is 89.6 cm³/mol. The van der Waals surface area contributed by atoms with Crippen molar-refractivity contribution in [2.24, 2.45) is 0 Å². The van der Waals surface area contributed by atoms with Crippen molar-refractivity contribution in [3.8, 4) is 17.3 Å². The molecule has 0 fully saturated rings. The number of rotatable bonds is 7. The van der Waals surface area contributed by atoms with Gasteiger partial charge in [0.1, 0.15) is 12.4 Å². The highest BCUT2D eigenvalue weighted by atomic mass is 19.1. The highest BCUT2D eigenvalue weighted by Gasteiger charge is 2.10. The van der Waals surface area contributed by atoms with Gasteiger partial charge in [0.05, 0.1) is 6.54 Å². The Labute approximate surface area is 143 Å². The van der Waals surface area contributed by atoms with Crippen LogP contribution in [0.5, 0.6) is 5.88 Å². The molecule has 0 saturated heterocycles. The van der Waals surface area contributed by atoms with Crippen LogP contribution in [0.15, 0.2) is 36.4 Å². The second-order valence-electron chi connectivity index (χ2n) is 5.42. The van der Waals surface area contributed by atoms with Crippen LogP contribution in [0.2, 0.25) is 0 Å². The summed E-state index contributed by atoms with van der Waals surface area (Å²) in [5.74, 6) is 0.573. The number of halogens is 1. The molecule has 8 heteroatoms. The van der Waals surface area contributed by atoms with Crippen molar-refractivity contribution in [1.29, 1.82) is 0 Å². The number of ether oxygens (including phenoxy) is 1. The normalized spacial score (nSPS) is 10.8. The first kappa shape index (κ1) is 16.8. The lowest BCUT2D eigenvalue weighted by molar-refractivity contribution is -0.121.